The summed E-state index contributed by atoms with van der Waals surface area (Å²) in [6.45, 7) is 1.90. The highest BCUT2D eigenvalue weighted by molar-refractivity contribution is 6.30. The molecular formula is C19H23ClN2O3. The molecule has 0 radical (unpaired) electrons. The molecule has 0 spiro atoms. The van der Waals surface area contributed by atoms with Gasteiger partial charge in [-0.25, -0.2) is 4.79 Å². The third-order valence-corrected chi connectivity index (χ3v) is 5.27. The first-order valence-electron chi connectivity index (χ1n) is 8.86. The number of carboxylic acid groups (broad SMARTS) is 1. The minimum atomic E-state index is -1.03. The Bertz CT molecular complexity index is 693. The van der Waals surface area contributed by atoms with Gasteiger partial charge in [0.15, 0.2) is 0 Å². The van der Waals surface area contributed by atoms with Crippen molar-refractivity contribution in [1.82, 2.24) is 5.32 Å². The highest BCUT2D eigenvalue weighted by atomic mass is 35.5. The number of anilines is 1. The Morgan fingerprint density at radius 2 is 1.88 bits per heavy atom. The number of halogens is 1. The summed E-state index contributed by atoms with van der Waals surface area (Å²) in [6, 6.07) is 6.63. The van der Waals surface area contributed by atoms with Gasteiger partial charge in [-0.15, -0.1) is 0 Å². The monoisotopic (exact) mass is 362 g/mol. The molecule has 5 nitrogen and oxygen atoms in total. The van der Waals surface area contributed by atoms with E-state index in [2.05, 4.69) is 5.32 Å². The van der Waals surface area contributed by atoms with Crippen LogP contribution >= 0.6 is 11.6 Å². The largest absolute Gasteiger partial charge is 0.478 e. The van der Waals surface area contributed by atoms with Gasteiger partial charge in [0.1, 0.15) is 5.70 Å². The van der Waals surface area contributed by atoms with E-state index in [1.807, 2.05) is 6.92 Å². The van der Waals surface area contributed by atoms with Crippen LogP contribution in [-0.2, 0) is 9.59 Å². The van der Waals surface area contributed by atoms with Crippen LogP contribution in [0.1, 0.15) is 45.4 Å². The molecule has 1 saturated carbocycles. The molecule has 3 rings (SSSR count). The number of rotatable bonds is 5. The lowest BCUT2D eigenvalue weighted by atomic mass is 9.95. The molecule has 25 heavy (non-hydrogen) atoms. The van der Waals surface area contributed by atoms with E-state index in [1.54, 1.807) is 29.2 Å². The van der Waals surface area contributed by atoms with Crippen molar-refractivity contribution in [1.29, 1.82) is 0 Å². The number of hydrogen-bond acceptors (Lipinski definition) is 3. The first kappa shape index (κ1) is 17.8. The molecule has 0 aromatic heterocycles. The summed E-state index contributed by atoms with van der Waals surface area (Å²) in [5.41, 5.74) is 1.09. The predicted molar refractivity (Wildman–Crippen MR) is 97.7 cm³/mol. The van der Waals surface area contributed by atoms with Crippen molar-refractivity contribution < 1.29 is 14.7 Å². The van der Waals surface area contributed by atoms with Gasteiger partial charge in [0.05, 0.1) is 11.6 Å². The SMILES string of the molecule is CCC1C(C(=O)O)=C(NC2CCCCC2)C(=O)N1c1ccc(Cl)cc1. The van der Waals surface area contributed by atoms with Crippen molar-refractivity contribution in [3.05, 3.63) is 40.6 Å². The highest BCUT2D eigenvalue weighted by Crippen LogP contribution is 2.33. The fourth-order valence-corrected chi connectivity index (χ4v) is 3.92. The summed E-state index contributed by atoms with van der Waals surface area (Å²) in [5.74, 6) is -1.30. The van der Waals surface area contributed by atoms with Crippen molar-refractivity contribution in [3.8, 4) is 0 Å². The van der Waals surface area contributed by atoms with Crippen molar-refractivity contribution in [2.24, 2.45) is 0 Å². The van der Waals surface area contributed by atoms with Crippen molar-refractivity contribution >= 4 is 29.2 Å². The summed E-state index contributed by atoms with van der Waals surface area (Å²) in [7, 11) is 0. The second-order valence-electron chi connectivity index (χ2n) is 6.65. The van der Waals surface area contributed by atoms with Gasteiger partial charge >= 0.3 is 5.97 Å². The number of benzene rings is 1. The summed E-state index contributed by atoms with van der Waals surface area (Å²) in [5, 5.41) is 13.6. The zero-order chi connectivity index (χ0) is 18.0. The van der Waals surface area contributed by atoms with Crippen LogP contribution in [0.3, 0.4) is 0 Å². The molecule has 1 atom stereocenters. The van der Waals surface area contributed by atoms with Crippen molar-refractivity contribution in [3.63, 3.8) is 0 Å². The van der Waals surface area contributed by atoms with E-state index in [0.29, 0.717) is 17.1 Å². The molecule has 1 aliphatic carbocycles. The zero-order valence-corrected chi connectivity index (χ0v) is 15.1. The van der Waals surface area contributed by atoms with Gasteiger partial charge in [-0.3, -0.25) is 9.69 Å². The summed E-state index contributed by atoms with van der Waals surface area (Å²) < 4.78 is 0. The van der Waals surface area contributed by atoms with Gasteiger partial charge in [0.2, 0.25) is 0 Å². The minimum Gasteiger partial charge on any atom is -0.478 e. The number of carbonyl (C=O) groups is 2. The van der Waals surface area contributed by atoms with Crippen LogP contribution in [0.4, 0.5) is 5.69 Å². The Kier molecular flexibility index (Phi) is 5.33. The lowest BCUT2D eigenvalue weighted by Crippen LogP contribution is -2.38. The van der Waals surface area contributed by atoms with Crippen molar-refractivity contribution in [2.75, 3.05) is 4.90 Å². The molecule has 2 N–H and O–H groups in total. The van der Waals surface area contributed by atoms with Crippen LogP contribution < -0.4 is 10.2 Å². The minimum absolute atomic E-state index is 0.171. The summed E-state index contributed by atoms with van der Waals surface area (Å²) in [4.78, 5) is 26.5. The van der Waals surface area contributed by atoms with E-state index in [0.717, 1.165) is 25.7 Å². The summed E-state index contributed by atoms with van der Waals surface area (Å²) in [6.07, 6.45) is 5.90. The summed E-state index contributed by atoms with van der Waals surface area (Å²) >= 11 is 5.94. The number of amides is 1. The molecule has 1 amide bonds. The number of aliphatic carboxylic acids is 1. The van der Waals surface area contributed by atoms with Gasteiger partial charge in [0, 0.05) is 16.8 Å². The van der Waals surface area contributed by atoms with Crippen molar-refractivity contribution in [2.45, 2.75) is 57.5 Å². The standard InChI is InChI=1S/C19H23ClN2O3/c1-2-15-16(19(24)25)17(21-13-6-4-3-5-7-13)18(23)22(15)14-10-8-12(20)9-11-14/h8-11,13,15,21H,2-7H2,1H3,(H,24,25). The molecule has 6 heteroatoms. The van der Waals surface area contributed by atoms with E-state index >= 15 is 0 Å². The number of hydrogen-bond donors (Lipinski definition) is 2. The quantitative estimate of drug-likeness (QED) is 0.837. The third kappa shape index (κ3) is 3.52. The first-order valence-corrected chi connectivity index (χ1v) is 9.23. The molecule has 2 aliphatic rings. The molecule has 1 aromatic rings. The number of nitrogens with one attached hydrogen (secondary N) is 1. The van der Waals surface area contributed by atoms with Crippen LogP contribution in [-0.4, -0.2) is 29.1 Å². The molecule has 134 valence electrons. The average molecular weight is 363 g/mol. The zero-order valence-electron chi connectivity index (χ0n) is 14.3. The van der Waals surface area contributed by atoms with Crippen LogP contribution in [0, 0.1) is 0 Å². The van der Waals surface area contributed by atoms with Crippen LogP contribution in [0.5, 0.6) is 0 Å². The topological polar surface area (TPSA) is 69.6 Å². The number of nitrogens with zero attached hydrogens (tertiary/aromatic N) is 1. The molecule has 0 bridgehead atoms. The molecular weight excluding hydrogens is 340 g/mol. The van der Waals surface area contributed by atoms with Gasteiger partial charge in [0.25, 0.3) is 5.91 Å². The van der Waals surface area contributed by atoms with E-state index in [9.17, 15) is 14.7 Å². The van der Waals surface area contributed by atoms with Crippen LogP contribution in [0.2, 0.25) is 5.02 Å². The fourth-order valence-electron chi connectivity index (χ4n) is 3.80. The molecule has 1 heterocycles. The molecule has 0 saturated heterocycles. The normalized spacial score (nSPS) is 21.8. The molecule has 1 aromatic carbocycles. The Morgan fingerprint density at radius 3 is 2.44 bits per heavy atom. The second kappa shape index (κ2) is 7.48. The second-order valence-corrected chi connectivity index (χ2v) is 7.09. The van der Waals surface area contributed by atoms with Crippen LogP contribution in [0.25, 0.3) is 0 Å². The lowest BCUT2D eigenvalue weighted by molar-refractivity contribution is -0.133. The highest BCUT2D eigenvalue weighted by Gasteiger charge is 2.43. The Morgan fingerprint density at radius 1 is 1.24 bits per heavy atom. The van der Waals surface area contributed by atoms with E-state index in [1.165, 1.54) is 6.42 Å². The predicted octanol–water partition coefficient (Wildman–Crippen LogP) is 3.73. The maximum Gasteiger partial charge on any atom is 0.336 e. The Balaban J connectivity index is 1.94. The van der Waals surface area contributed by atoms with Gasteiger partial charge in [-0.2, -0.15) is 0 Å². The first-order chi connectivity index (χ1) is 12.0. The Hall–Kier alpha value is -2.01. The smallest absolute Gasteiger partial charge is 0.336 e. The fraction of sp³-hybridized carbons (Fsp3) is 0.474. The average Bonchev–Trinajstić information content (AvgIpc) is 2.89. The Labute approximate surface area is 152 Å². The van der Waals surface area contributed by atoms with E-state index in [-0.39, 0.29) is 23.2 Å². The van der Waals surface area contributed by atoms with Gasteiger partial charge < -0.3 is 10.4 Å². The van der Waals surface area contributed by atoms with E-state index < -0.39 is 12.0 Å². The van der Waals surface area contributed by atoms with Crippen LogP contribution in [0.15, 0.2) is 35.5 Å². The molecule has 1 aliphatic heterocycles. The third-order valence-electron chi connectivity index (χ3n) is 5.02. The number of carbonyl (C=O) groups excluding carboxylic acids is 1. The van der Waals surface area contributed by atoms with Gasteiger partial charge in [-0.05, 0) is 43.5 Å². The number of carboxylic acids is 1. The van der Waals surface area contributed by atoms with Gasteiger partial charge in [-0.1, -0.05) is 37.8 Å². The maximum atomic E-state index is 13.1. The molecule has 1 unspecified atom stereocenters. The maximum absolute atomic E-state index is 13.1. The van der Waals surface area contributed by atoms with E-state index in [4.69, 9.17) is 11.6 Å². The lowest BCUT2D eigenvalue weighted by Gasteiger charge is -2.26. The molecule has 1 fully saturated rings.